The van der Waals surface area contributed by atoms with E-state index in [-0.39, 0.29) is 18.4 Å². The van der Waals surface area contributed by atoms with Gasteiger partial charge in [-0.1, -0.05) is 30.3 Å². The van der Waals surface area contributed by atoms with Gasteiger partial charge in [-0.2, -0.15) is 18.3 Å². The predicted octanol–water partition coefficient (Wildman–Crippen LogP) is 4.66. The highest BCUT2D eigenvalue weighted by molar-refractivity contribution is 6.00. The van der Waals surface area contributed by atoms with Crippen LogP contribution in [-0.2, 0) is 22.8 Å². The molecule has 2 N–H and O–H groups in total. The lowest BCUT2D eigenvalue weighted by atomic mass is 9.85. The number of aryl methyl sites for hydroxylation is 1. The second-order valence-electron chi connectivity index (χ2n) is 13.5. The number of carbonyl (C=O) groups is 2. The summed E-state index contributed by atoms with van der Waals surface area (Å²) < 4.78 is 41.7. The minimum Gasteiger partial charge on any atom is -0.338 e. The molecule has 0 saturated carbocycles. The van der Waals surface area contributed by atoms with Crippen LogP contribution in [0, 0.1) is 5.41 Å². The number of rotatable bonds is 6. The van der Waals surface area contributed by atoms with Crippen LogP contribution in [0.1, 0.15) is 47.7 Å². The normalized spacial score (nSPS) is 22.3. The van der Waals surface area contributed by atoms with E-state index in [1.54, 1.807) is 22.0 Å². The number of nitrogens with zero attached hydrogens (tertiary/aromatic N) is 7. The fourth-order valence-corrected chi connectivity index (χ4v) is 7.64. The number of pyridine rings is 1. The van der Waals surface area contributed by atoms with Crippen LogP contribution in [0.3, 0.4) is 0 Å². The smallest absolute Gasteiger partial charge is 0.338 e. The van der Waals surface area contributed by atoms with E-state index in [9.17, 15) is 22.8 Å². The minimum atomic E-state index is -4.55. The van der Waals surface area contributed by atoms with Gasteiger partial charge in [0.15, 0.2) is 5.82 Å². The number of fused-ring (bicyclic) bond motifs is 1. The van der Waals surface area contributed by atoms with E-state index in [0.717, 1.165) is 41.1 Å². The molecule has 8 rings (SSSR count). The average molecular weight is 684 g/mol. The molecular weight excluding hydrogens is 647 g/mol. The molecule has 1 spiro atoms. The number of hydrogen-bond acceptors (Lipinski definition) is 8. The number of hydrazine groups is 1. The molecule has 6 heterocycles. The highest BCUT2D eigenvalue weighted by Gasteiger charge is 2.51. The second-order valence-corrected chi connectivity index (χ2v) is 13.5. The lowest BCUT2D eigenvalue weighted by Gasteiger charge is -2.29. The molecule has 1 unspecified atom stereocenters. The van der Waals surface area contributed by atoms with Crippen molar-refractivity contribution >= 4 is 28.8 Å². The number of halogens is 3. The summed E-state index contributed by atoms with van der Waals surface area (Å²) in [5, 5.41) is 4.36. The Morgan fingerprint density at radius 2 is 1.80 bits per heavy atom. The molecule has 4 aliphatic rings. The Morgan fingerprint density at radius 1 is 1.00 bits per heavy atom. The quantitative estimate of drug-likeness (QED) is 0.302. The molecule has 4 aromatic rings. The first-order valence-electron chi connectivity index (χ1n) is 16.7. The van der Waals surface area contributed by atoms with E-state index >= 15 is 0 Å². The summed E-state index contributed by atoms with van der Waals surface area (Å²) in [4.78, 5) is 40.9. The maximum atomic E-state index is 14.0. The molecule has 14 heteroatoms. The zero-order valence-electron chi connectivity index (χ0n) is 27.5. The molecule has 2 atom stereocenters. The zero-order chi connectivity index (χ0) is 34.6. The van der Waals surface area contributed by atoms with Crippen molar-refractivity contribution in [1.29, 1.82) is 0 Å². The van der Waals surface area contributed by atoms with Crippen molar-refractivity contribution in [3.8, 4) is 11.4 Å². The Hall–Kier alpha value is -5.08. The average Bonchev–Trinajstić information content (AvgIpc) is 3.92. The summed E-state index contributed by atoms with van der Waals surface area (Å²) in [7, 11) is 1.84. The standard InChI is InChI=1S/C36H36F3N9O2/c1-45-22-41-33(44-45)25-4-2-23(3-5-25)24-9-14-47(15-10-24)31(49)20-46-16-11-35(21-46)12-17-48(34(35)50)27-6-7-29-28(19-27)32(43-42-29)26-8-13-40-30(18-26)36(37,38)39/h2-9,13,18-19,22,32,42-43H,10-12,14-17,20-21H2,1H3/t32?,35-/m0/s1. The van der Waals surface area contributed by atoms with Crippen molar-refractivity contribution in [2.45, 2.75) is 31.5 Å². The molecule has 2 fully saturated rings. The molecule has 2 aromatic heterocycles. The van der Waals surface area contributed by atoms with Crippen molar-refractivity contribution in [2.75, 3.05) is 49.6 Å². The second kappa shape index (κ2) is 12.4. The summed E-state index contributed by atoms with van der Waals surface area (Å²) in [6.07, 6.45) is 2.53. The van der Waals surface area contributed by atoms with Gasteiger partial charge in [0, 0.05) is 56.2 Å². The fourth-order valence-electron chi connectivity index (χ4n) is 7.64. The predicted molar refractivity (Wildman–Crippen MR) is 180 cm³/mol. The molecule has 2 saturated heterocycles. The largest absolute Gasteiger partial charge is 0.433 e. The van der Waals surface area contributed by atoms with Gasteiger partial charge in [-0.25, -0.2) is 10.4 Å². The summed E-state index contributed by atoms with van der Waals surface area (Å²) in [5.74, 6) is 0.776. The van der Waals surface area contributed by atoms with Gasteiger partial charge in [0.05, 0.1) is 23.7 Å². The molecule has 11 nitrogen and oxygen atoms in total. The number of nitrogens with one attached hydrogen (secondary N) is 2. The number of carbonyl (C=O) groups excluding carboxylic acids is 2. The lowest BCUT2D eigenvalue weighted by molar-refractivity contribution is -0.141. The van der Waals surface area contributed by atoms with Crippen LogP contribution in [0.25, 0.3) is 17.0 Å². The number of hydrogen-bond donors (Lipinski definition) is 2. The van der Waals surface area contributed by atoms with Gasteiger partial charge < -0.3 is 15.2 Å². The Labute approximate surface area is 286 Å². The van der Waals surface area contributed by atoms with Gasteiger partial charge in [-0.05, 0) is 72.8 Å². The molecular formula is C36H36F3N9O2. The monoisotopic (exact) mass is 683 g/mol. The van der Waals surface area contributed by atoms with Crippen molar-refractivity contribution < 1.29 is 22.8 Å². The van der Waals surface area contributed by atoms with E-state index in [2.05, 4.69) is 49.0 Å². The SMILES string of the molecule is Cn1cnc(-c2ccc(C3=CCN(C(=O)CN4CC[C@]5(CCN(c6ccc7c(c6)C(c6ccnc(C(F)(F)F)c6)NN7)C5=O)C4)CC3)cc2)n1. The van der Waals surface area contributed by atoms with Crippen molar-refractivity contribution in [1.82, 2.24) is 35.0 Å². The van der Waals surface area contributed by atoms with E-state index in [0.29, 0.717) is 62.6 Å². The van der Waals surface area contributed by atoms with Gasteiger partial charge in [0.25, 0.3) is 0 Å². The number of benzene rings is 2. The zero-order valence-corrected chi connectivity index (χ0v) is 27.5. The van der Waals surface area contributed by atoms with E-state index in [1.807, 2.05) is 42.3 Å². The van der Waals surface area contributed by atoms with Crippen LogP contribution in [0.4, 0.5) is 24.5 Å². The Bertz CT molecular complexity index is 1990. The third-order valence-corrected chi connectivity index (χ3v) is 10.4. The minimum absolute atomic E-state index is 0.0292. The van der Waals surface area contributed by atoms with Gasteiger partial charge in [0.2, 0.25) is 11.8 Å². The Kier molecular flexibility index (Phi) is 7.94. The highest BCUT2D eigenvalue weighted by atomic mass is 19.4. The van der Waals surface area contributed by atoms with Crippen LogP contribution >= 0.6 is 0 Å². The van der Waals surface area contributed by atoms with Gasteiger partial charge >= 0.3 is 6.18 Å². The van der Waals surface area contributed by atoms with Gasteiger partial charge in [-0.3, -0.25) is 24.2 Å². The van der Waals surface area contributed by atoms with Crippen LogP contribution in [0.2, 0.25) is 0 Å². The molecule has 2 aromatic carbocycles. The number of amides is 2. The first-order valence-corrected chi connectivity index (χ1v) is 16.7. The molecule has 2 amide bonds. The number of alkyl halides is 3. The van der Waals surface area contributed by atoms with E-state index in [4.69, 9.17) is 0 Å². The van der Waals surface area contributed by atoms with Crippen LogP contribution in [0.15, 0.2) is 73.2 Å². The number of anilines is 2. The lowest BCUT2D eigenvalue weighted by Crippen LogP contribution is -2.43. The van der Waals surface area contributed by atoms with E-state index in [1.165, 1.54) is 5.57 Å². The molecule has 0 aliphatic carbocycles. The topological polar surface area (TPSA) is 112 Å². The summed E-state index contributed by atoms with van der Waals surface area (Å²) in [5.41, 5.74) is 10.5. The van der Waals surface area contributed by atoms with Crippen molar-refractivity contribution in [2.24, 2.45) is 12.5 Å². The summed E-state index contributed by atoms with van der Waals surface area (Å²) >= 11 is 0. The Morgan fingerprint density at radius 3 is 2.54 bits per heavy atom. The first kappa shape index (κ1) is 32.1. The summed E-state index contributed by atoms with van der Waals surface area (Å²) in [6.45, 7) is 3.18. The maximum Gasteiger partial charge on any atom is 0.433 e. The molecule has 0 bridgehead atoms. The first-order chi connectivity index (χ1) is 24.1. The van der Waals surface area contributed by atoms with Crippen molar-refractivity contribution in [3.63, 3.8) is 0 Å². The summed E-state index contributed by atoms with van der Waals surface area (Å²) in [6, 6.07) is 15.8. The van der Waals surface area contributed by atoms with E-state index < -0.39 is 23.3 Å². The highest BCUT2D eigenvalue weighted by Crippen LogP contribution is 2.44. The number of aromatic nitrogens is 4. The molecule has 258 valence electrons. The van der Waals surface area contributed by atoms with Crippen LogP contribution in [-0.4, -0.2) is 80.6 Å². The molecule has 4 aliphatic heterocycles. The fraction of sp³-hybridized carbons (Fsp3) is 0.361. The van der Waals surface area contributed by atoms with Crippen molar-refractivity contribution in [3.05, 3.63) is 95.6 Å². The van der Waals surface area contributed by atoms with Gasteiger partial charge in [-0.15, -0.1) is 0 Å². The van der Waals surface area contributed by atoms with Crippen LogP contribution in [0.5, 0.6) is 0 Å². The third kappa shape index (κ3) is 5.92. The maximum absolute atomic E-state index is 14.0. The third-order valence-electron chi connectivity index (χ3n) is 10.4. The van der Waals surface area contributed by atoms with Gasteiger partial charge in [0.1, 0.15) is 12.0 Å². The Balaban J connectivity index is 0.888. The van der Waals surface area contributed by atoms with Crippen LogP contribution < -0.4 is 15.8 Å². The number of likely N-dealkylation sites (tertiary alicyclic amines) is 1. The molecule has 0 radical (unpaired) electrons. The molecule has 50 heavy (non-hydrogen) atoms.